The van der Waals surface area contributed by atoms with E-state index in [4.69, 9.17) is 4.74 Å². The molecular formula is C12H12BrFN2O2. The Morgan fingerprint density at radius 2 is 2.11 bits per heavy atom. The number of aromatic nitrogens is 2. The fourth-order valence-electron chi connectivity index (χ4n) is 1.47. The molecule has 0 radical (unpaired) electrons. The van der Waals surface area contributed by atoms with Gasteiger partial charge in [-0.2, -0.15) is 9.78 Å². The van der Waals surface area contributed by atoms with E-state index in [-0.39, 0.29) is 0 Å². The van der Waals surface area contributed by atoms with Crippen LogP contribution in [0.25, 0.3) is 10.9 Å². The van der Waals surface area contributed by atoms with E-state index >= 15 is 0 Å². The highest BCUT2D eigenvalue weighted by Gasteiger charge is 2.20. The second-order valence-electron chi connectivity index (χ2n) is 4.86. The molecule has 2 aromatic rings. The number of rotatable bonds is 0. The maximum absolute atomic E-state index is 13.5. The largest absolute Gasteiger partial charge is 0.442 e. The summed E-state index contributed by atoms with van der Waals surface area (Å²) in [5.41, 5.74) is -0.242. The van der Waals surface area contributed by atoms with E-state index in [1.54, 1.807) is 26.8 Å². The van der Waals surface area contributed by atoms with Crippen molar-refractivity contribution < 1.29 is 13.9 Å². The van der Waals surface area contributed by atoms with Crippen molar-refractivity contribution in [2.45, 2.75) is 26.4 Å². The van der Waals surface area contributed by atoms with E-state index < -0.39 is 17.5 Å². The molecule has 0 amide bonds. The number of nitrogens with zero attached hydrogens (tertiary/aromatic N) is 2. The molecule has 0 bridgehead atoms. The van der Waals surface area contributed by atoms with Gasteiger partial charge in [-0.25, -0.2) is 9.18 Å². The van der Waals surface area contributed by atoms with Gasteiger partial charge in [0.25, 0.3) is 0 Å². The predicted octanol–water partition coefficient (Wildman–Crippen LogP) is 3.72. The molecule has 2 rings (SSSR count). The van der Waals surface area contributed by atoms with Gasteiger partial charge >= 0.3 is 6.09 Å². The fraction of sp³-hybridized carbons (Fsp3) is 0.333. The Morgan fingerprint density at radius 3 is 2.72 bits per heavy atom. The van der Waals surface area contributed by atoms with Crippen LogP contribution in [-0.2, 0) is 4.74 Å². The van der Waals surface area contributed by atoms with Crippen molar-refractivity contribution in [3.05, 3.63) is 28.6 Å². The summed E-state index contributed by atoms with van der Waals surface area (Å²) >= 11 is 3.08. The van der Waals surface area contributed by atoms with E-state index in [9.17, 15) is 9.18 Å². The molecule has 4 nitrogen and oxygen atoms in total. The van der Waals surface area contributed by atoms with Gasteiger partial charge < -0.3 is 4.74 Å². The number of hydrogen-bond acceptors (Lipinski definition) is 3. The third kappa shape index (κ3) is 2.53. The highest BCUT2D eigenvalue weighted by Crippen LogP contribution is 2.23. The molecule has 0 atom stereocenters. The van der Waals surface area contributed by atoms with Gasteiger partial charge in [-0.3, -0.25) is 0 Å². The van der Waals surface area contributed by atoms with Crippen LogP contribution in [0.4, 0.5) is 9.18 Å². The van der Waals surface area contributed by atoms with Crippen molar-refractivity contribution in [2.75, 3.05) is 0 Å². The smallest absolute Gasteiger partial charge is 0.435 e. The first-order valence-electron chi connectivity index (χ1n) is 5.34. The van der Waals surface area contributed by atoms with Crippen molar-refractivity contribution in [2.24, 2.45) is 0 Å². The maximum Gasteiger partial charge on any atom is 0.435 e. The molecular weight excluding hydrogens is 303 g/mol. The van der Waals surface area contributed by atoms with Gasteiger partial charge in [0.15, 0.2) is 0 Å². The minimum atomic E-state index is -0.626. The van der Waals surface area contributed by atoms with Crippen LogP contribution in [0.2, 0.25) is 0 Å². The first-order chi connectivity index (χ1) is 8.28. The van der Waals surface area contributed by atoms with Crippen LogP contribution in [0.1, 0.15) is 20.8 Å². The third-order valence-electron chi connectivity index (χ3n) is 2.18. The average Bonchev–Trinajstić information content (AvgIpc) is 2.59. The van der Waals surface area contributed by atoms with Crippen LogP contribution in [0.3, 0.4) is 0 Å². The van der Waals surface area contributed by atoms with Crippen LogP contribution in [0.5, 0.6) is 0 Å². The van der Waals surface area contributed by atoms with Crippen molar-refractivity contribution in [1.82, 2.24) is 9.78 Å². The topological polar surface area (TPSA) is 44.1 Å². The Bertz CT molecular complexity index is 616. The lowest BCUT2D eigenvalue weighted by Gasteiger charge is -2.19. The first-order valence-corrected chi connectivity index (χ1v) is 6.13. The number of carbonyl (C=O) groups excluding carboxylic acids is 1. The monoisotopic (exact) mass is 314 g/mol. The van der Waals surface area contributed by atoms with Crippen LogP contribution in [0, 0.1) is 5.82 Å². The van der Waals surface area contributed by atoms with Gasteiger partial charge in [-0.1, -0.05) is 0 Å². The van der Waals surface area contributed by atoms with Gasteiger partial charge in [0.1, 0.15) is 11.4 Å². The zero-order valence-electron chi connectivity index (χ0n) is 10.2. The predicted molar refractivity (Wildman–Crippen MR) is 69.0 cm³/mol. The molecule has 0 saturated carbocycles. The third-order valence-corrected chi connectivity index (χ3v) is 2.78. The van der Waals surface area contributed by atoms with E-state index in [2.05, 4.69) is 21.0 Å². The van der Waals surface area contributed by atoms with E-state index in [0.29, 0.717) is 15.4 Å². The second-order valence-corrected chi connectivity index (χ2v) is 5.72. The summed E-state index contributed by atoms with van der Waals surface area (Å²) in [5.74, 6) is -0.451. The fourth-order valence-corrected chi connectivity index (χ4v) is 1.83. The Morgan fingerprint density at radius 1 is 1.44 bits per heavy atom. The molecule has 1 aromatic carbocycles. The lowest BCUT2D eigenvalue weighted by atomic mass is 10.2. The summed E-state index contributed by atoms with van der Waals surface area (Å²) in [6.45, 7) is 5.27. The lowest BCUT2D eigenvalue weighted by molar-refractivity contribution is 0.0522. The van der Waals surface area contributed by atoms with Gasteiger partial charge in [-0.15, -0.1) is 0 Å². The molecule has 6 heteroatoms. The maximum atomic E-state index is 13.5. The summed E-state index contributed by atoms with van der Waals surface area (Å²) in [7, 11) is 0. The minimum Gasteiger partial charge on any atom is -0.442 e. The summed E-state index contributed by atoms with van der Waals surface area (Å²) in [6, 6.07) is 2.81. The zero-order chi connectivity index (χ0) is 13.5. The minimum absolute atomic E-state index is 0.332. The van der Waals surface area contributed by atoms with Crippen LogP contribution >= 0.6 is 15.9 Å². The number of benzene rings is 1. The highest BCUT2D eigenvalue weighted by molar-refractivity contribution is 9.10. The summed E-state index contributed by atoms with van der Waals surface area (Å²) < 4.78 is 20.0. The number of carbonyl (C=O) groups is 1. The Kier molecular flexibility index (Phi) is 3.14. The number of halogens is 2. The molecule has 1 aromatic heterocycles. The molecule has 96 valence electrons. The molecule has 0 unspecified atom stereocenters. The van der Waals surface area contributed by atoms with Gasteiger partial charge in [-0.05, 0) is 42.8 Å². The van der Waals surface area contributed by atoms with Crippen LogP contribution in [0.15, 0.2) is 22.8 Å². The summed E-state index contributed by atoms with van der Waals surface area (Å²) in [5, 5.41) is 4.58. The van der Waals surface area contributed by atoms with E-state index in [0.717, 1.165) is 4.68 Å². The Balaban J connectivity index is 2.46. The Hall–Kier alpha value is -1.43. The van der Waals surface area contributed by atoms with Crippen molar-refractivity contribution in [1.29, 1.82) is 0 Å². The van der Waals surface area contributed by atoms with Crippen molar-refractivity contribution >= 4 is 32.9 Å². The molecule has 0 aliphatic heterocycles. The molecule has 0 N–H and O–H groups in total. The SMILES string of the molecule is CC(C)(C)OC(=O)n1ncc2cc(Br)c(F)cc21. The first kappa shape index (κ1) is 13.0. The van der Waals surface area contributed by atoms with Gasteiger partial charge in [0.2, 0.25) is 0 Å². The molecule has 0 aliphatic rings. The van der Waals surface area contributed by atoms with Crippen molar-refractivity contribution in [3.63, 3.8) is 0 Å². The summed E-state index contributed by atoms with van der Waals surface area (Å²) in [4.78, 5) is 11.9. The van der Waals surface area contributed by atoms with Gasteiger partial charge in [0.05, 0.1) is 16.2 Å². The highest BCUT2D eigenvalue weighted by atomic mass is 79.9. The molecule has 0 saturated heterocycles. The van der Waals surface area contributed by atoms with Crippen LogP contribution < -0.4 is 0 Å². The zero-order valence-corrected chi connectivity index (χ0v) is 11.8. The number of hydrogen-bond donors (Lipinski definition) is 0. The van der Waals surface area contributed by atoms with Gasteiger partial charge in [0, 0.05) is 11.5 Å². The van der Waals surface area contributed by atoms with Crippen molar-refractivity contribution in [3.8, 4) is 0 Å². The molecule has 0 spiro atoms. The lowest BCUT2D eigenvalue weighted by Crippen LogP contribution is -2.27. The van der Waals surface area contributed by atoms with Crippen LogP contribution in [-0.4, -0.2) is 21.5 Å². The second kappa shape index (κ2) is 4.35. The Labute approximate surface area is 112 Å². The van der Waals surface area contributed by atoms with E-state index in [1.165, 1.54) is 12.3 Å². The average molecular weight is 315 g/mol. The number of ether oxygens (including phenoxy) is 1. The quantitative estimate of drug-likeness (QED) is 0.744. The standard InChI is InChI=1S/C12H12BrFN2O2/c1-12(2,3)18-11(17)16-10-5-9(14)8(13)4-7(10)6-15-16/h4-6H,1-3H3. The molecule has 1 heterocycles. The molecule has 0 fully saturated rings. The summed E-state index contributed by atoms with van der Waals surface area (Å²) in [6.07, 6.45) is 0.864. The normalized spacial score (nSPS) is 11.8. The van der Waals surface area contributed by atoms with E-state index in [1.807, 2.05) is 0 Å². The molecule has 0 aliphatic carbocycles. The molecule has 18 heavy (non-hydrogen) atoms. The number of fused-ring (bicyclic) bond motifs is 1.